The van der Waals surface area contributed by atoms with Crippen molar-refractivity contribution < 1.29 is 23.4 Å². The van der Waals surface area contributed by atoms with E-state index in [2.05, 4.69) is 0 Å². The maximum atomic E-state index is 13.5. The van der Waals surface area contributed by atoms with Crippen LogP contribution in [0.5, 0.6) is 11.5 Å². The van der Waals surface area contributed by atoms with Crippen molar-refractivity contribution in [2.24, 2.45) is 0 Å². The van der Waals surface area contributed by atoms with Crippen molar-refractivity contribution in [2.45, 2.75) is 6.92 Å². The van der Waals surface area contributed by atoms with Crippen molar-refractivity contribution in [1.29, 1.82) is 0 Å². The molecule has 88 valence electrons. The van der Waals surface area contributed by atoms with Gasteiger partial charge in [-0.25, -0.2) is 9.18 Å². The van der Waals surface area contributed by atoms with Crippen LogP contribution in [0.1, 0.15) is 17.3 Å². The molecule has 0 saturated heterocycles. The summed E-state index contributed by atoms with van der Waals surface area (Å²) in [6.07, 6.45) is 0. The molecule has 0 atom stereocenters. The molecule has 16 heavy (non-hydrogen) atoms. The maximum absolute atomic E-state index is 13.5. The second-order valence-electron chi connectivity index (χ2n) is 2.91. The molecule has 5 heteroatoms. The lowest BCUT2D eigenvalue weighted by molar-refractivity contribution is 0.0520. The average Bonchev–Trinajstić information content (AvgIpc) is 2.28. The summed E-state index contributed by atoms with van der Waals surface area (Å²) in [5.41, 5.74) is -0.167. The number of carbonyl (C=O) groups excluding carboxylic acids is 1. The topological polar surface area (TPSA) is 44.8 Å². The molecular weight excluding hydrogens is 215 g/mol. The molecule has 1 rings (SSSR count). The van der Waals surface area contributed by atoms with E-state index >= 15 is 0 Å². The monoisotopic (exact) mass is 228 g/mol. The van der Waals surface area contributed by atoms with Gasteiger partial charge in [-0.15, -0.1) is 0 Å². The first-order valence-corrected chi connectivity index (χ1v) is 4.72. The highest BCUT2D eigenvalue weighted by Gasteiger charge is 2.17. The summed E-state index contributed by atoms with van der Waals surface area (Å²) >= 11 is 0. The van der Waals surface area contributed by atoms with Crippen LogP contribution < -0.4 is 9.47 Å². The van der Waals surface area contributed by atoms with Crippen molar-refractivity contribution in [2.75, 3.05) is 20.8 Å². The fourth-order valence-electron chi connectivity index (χ4n) is 1.22. The smallest absolute Gasteiger partial charge is 0.341 e. The van der Waals surface area contributed by atoms with Crippen molar-refractivity contribution in [3.8, 4) is 11.5 Å². The van der Waals surface area contributed by atoms with Crippen LogP contribution in [0.3, 0.4) is 0 Å². The van der Waals surface area contributed by atoms with Crippen LogP contribution in [0.25, 0.3) is 0 Å². The Morgan fingerprint density at radius 3 is 2.31 bits per heavy atom. The van der Waals surface area contributed by atoms with Crippen molar-refractivity contribution in [3.05, 3.63) is 23.5 Å². The van der Waals surface area contributed by atoms with E-state index in [1.54, 1.807) is 6.92 Å². The van der Waals surface area contributed by atoms with E-state index in [-0.39, 0.29) is 23.7 Å². The van der Waals surface area contributed by atoms with Gasteiger partial charge in [0.25, 0.3) is 0 Å². The Hall–Kier alpha value is -1.78. The number of hydrogen-bond donors (Lipinski definition) is 0. The number of ether oxygens (including phenoxy) is 3. The minimum Gasteiger partial charge on any atom is -0.493 e. The molecule has 0 fully saturated rings. The summed E-state index contributed by atoms with van der Waals surface area (Å²) in [5.74, 6) is -0.906. The van der Waals surface area contributed by atoms with Crippen LogP contribution >= 0.6 is 0 Å². The molecule has 0 radical (unpaired) electrons. The lowest BCUT2D eigenvalue weighted by Gasteiger charge is -2.10. The molecule has 0 aliphatic rings. The van der Waals surface area contributed by atoms with E-state index in [0.29, 0.717) is 0 Å². The molecule has 4 nitrogen and oxygen atoms in total. The molecule has 0 aliphatic heterocycles. The molecule has 0 bridgehead atoms. The molecule has 0 aliphatic carbocycles. The van der Waals surface area contributed by atoms with Crippen LogP contribution in [-0.2, 0) is 4.74 Å². The van der Waals surface area contributed by atoms with Crippen molar-refractivity contribution >= 4 is 5.97 Å². The number of halogens is 1. The van der Waals surface area contributed by atoms with Crippen LogP contribution in [-0.4, -0.2) is 26.8 Å². The van der Waals surface area contributed by atoms with Gasteiger partial charge in [-0.1, -0.05) is 0 Å². The molecule has 0 spiro atoms. The van der Waals surface area contributed by atoms with Crippen molar-refractivity contribution in [3.63, 3.8) is 0 Å². The Labute approximate surface area is 92.9 Å². The maximum Gasteiger partial charge on any atom is 0.341 e. The van der Waals surface area contributed by atoms with E-state index < -0.39 is 11.8 Å². The highest BCUT2D eigenvalue weighted by Crippen LogP contribution is 2.30. The second-order valence-corrected chi connectivity index (χ2v) is 2.91. The Balaban J connectivity index is 3.15. The average molecular weight is 228 g/mol. The first-order valence-electron chi connectivity index (χ1n) is 4.72. The molecule has 0 heterocycles. The van der Waals surface area contributed by atoms with Gasteiger partial charge in [-0.3, -0.25) is 0 Å². The third kappa shape index (κ3) is 2.42. The highest BCUT2D eigenvalue weighted by atomic mass is 19.1. The third-order valence-electron chi connectivity index (χ3n) is 1.97. The van der Waals surface area contributed by atoms with Gasteiger partial charge < -0.3 is 14.2 Å². The first-order chi connectivity index (χ1) is 7.63. The number of carbonyl (C=O) groups is 1. The zero-order valence-corrected chi connectivity index (χ0v) is 9.37. The number of hydrogen-bond acceptors (Lipinski definition) is 4. The normalized spacial score (nSPS) is 9.75. The number of esters is 1. The van der Waals surface area contributed by atoms with Gasteiger partial charge in [0.2, 0.25) is 0 Å². The second kappa shape index (κ2) is 5.34. The minimum absolute atomic E-state index is 0.167. The van der Waals surface area contributed by atoms with E-state index in [1.165, 1.54) is 20.3 Å². The minimum atomic E-state index is -0.721. The van der Waals surface area contributed by atoms with Gasteiger partial charge in [-0.2, -0.15) is 0 Å². The predicted molar refractivity (Wildman–Crippen MR) is 55.5 cm³/mol. The number of rotatable bonds is 4. The van der Waals surface area contributed by atoms with Gasteiger partial charge in [-0.05, 0) is 6.92 Å². The van der Waals surface area contributed by atoms with Crippen molar-refractivity contribution in [1.82, 2.24) is 0 Å². The van der Waals surface area contributed by atoms with Gasteiger partial charge >= 0.3 is 5.97 Å². The molecule has 0 saturated carbocycles. The summed E-state index contributed by atoms with van der Waals surface area (Å²) < 4.78 is 28.1. The zero-order chi connectivity index (χ0) is 12.1. The number of methoxy groups -OCH3 is 2. The van der Waals surface area contributed by atoms with Crippen LogP contribution in [0.15, 0.2) is 12.1 Å². The highest BCUT2D eigenvalue weighted by molar-refractivity contribution is 5.90. The zero-order valence-electron chi connectivity index (χ0n) is 9.37. The van der Waals surface area contributed by atoms with E-state index in [9.17, 15) is 9.18 Å². The Bertz CT molecular complexity index is 390. The summed E-state index contributed by atoms with van der Waals surface area (Å²) in [6.45, 7) is 1.84. The van der Waals surface area contributed by atoms with Gasteiger partial charge in [0.1, 0.15) is 5.82 Å². The fraction of sp³-hybridized carbons (Fsp3) is 0.364. The SMILES string of the molecule is CCOC(=O)c1cc(OC)c(OC)cc1F. The molecular formula is C11H13FO4. The van der Waals surface area contributed by atoms with E-state index in [0.717, 1.165) is 6.07 Å². The van der Waals surface area contributed by atoms with E-state index in [1.807, 2.05) is 0 Å². The largest absolute Gasteiger partial charge is 0.493 e. The molecule has 1 aromatic carbocycles. The predicted octanol–water partition coefficient (Wildman–Crippen LogP) is 2.02. The summed E-state index contributed by atoms with van der Waals surface area (Å²) in [5, 5.41) is 0. The Morgan fingerprint density at radius 2 is 1.81 bits per heavy atom. The first kappa shape index (κ1) is 12.3. The molecule has 0 aromatic heterocycles. The summed E-state index contributed by atoms with van der Waals surface area (Å²) in [7, 11) is 2.80. The summed E-state index contributed by atoms with van der Waals surface area (Å²) in [6, 6.07) is 2.34. The number of benzene rings is 1. The lowest BCUT2D eigenvalue weighted by atomic mass is 10.2. The molecule has 1 aromatic rings. The van der Waals surface area contributed by atoms with Crippen LogP contribution in [0.2, 0.25) is 0 Å². The van der Waals surface area contributed by atoms with Gasteiger partial charge in [0, 0.05) is 12.1 Å². The van der Waals surface area contributed by atoms with E-state index in [4.69, 9.17) is 14.2 Å². The Morgan fingerprint density at radius 1 is 1.25 bits per heavy atom. The lowest BCUT2D eigenvalue weighted by Crippen LogP contribution is -2.08. The third-order valence-corrected chi connectivity index (χ3v) is 1.97. The molecule has 0 N–H and O–H groups in total. The van der Waals surface area contributed by atoms with Crippen LogP contribution in [0.4, 0.5) is 4.39 Å². The molecule has 0 unspecified atom stereocenters. The van der Waals surface area contributed by atoms with Gasteiger partial charge in [0.15, 0.2) is 11.5 Å². The summed E-state index contributed by atoms with van der Waals surface area (Å²) in [4.78, 5) is 11.4. The Kier molecular flexibility index (Phi) is 4.10. The quantitative estimate of drug-likeness (QED) is 0.739. The fourth-order valence-corrected chi connectivity index (χ4v) is 1.22. The molecule has 0 amide bonds. The van der Waals surface area contributed by atoms with Crippen LogP contribution in [0, 0.1) is 5.82 Å². The van der Waals surface area contributed by atoms with Gasteiger partial charge in [0.05, 0.1) is 26.4 Å². The standard InChI is InChI=1S/C11H13FO4/c1-4-16-11(13)7-5-9(14-2)10(15-3)6-8(7)12/h5-6H,4H2,1-3H3.